The maximum atomic E-state index is 16.0. The fraction of sp³-hybridized carbons (Fsp3) is 0.500. The lowest BCUT2D eigenvalue weighted by Gasteiger charge is -2.42. The van der Waals surface area contributed by atoms with Crippen molar-refractivity contribution in [2.75, 3.05) is 32.1 Å². The molecule has 0 spiro atoms. The van der Waals surface area contributed by atoms with Gasteiger partial charge in [0.1, 0.15) is 11.6 Å². The SMILES string of the molecule is CC(=O)N[C@](F)(Cc1ccccc1)C(=O)N1CCC[C@](C)(c2cc(N(C)C)nc(C)n2)C1. The number of amides is 2. The van der Waals surface area contributed by atoms with Gasteiger partial charge in [0.15, 0.2) is 0 Å². The monoisotopic (exact) mass is 441 g/mol. The molecule has 1 aliphatic heterocycles. The van der Waals surface area contributed by atoms with Crippen molar-refractivity contribution >= 4 is 17.6 Å². The van der Waals surface area contributed by atoms with Crippen LogP contribution in [-0.4, -0.2) is 59.7 Å². The number of halogens is 1. The average Bonchev–Trinajstić information content (AvgIpc) is 2.73. The minimum Gasteiger partial charge on any atom is -0.363 e. The summed E-state index contributed by atoms with van der Waals surface area (Å²) in [7, 11) is 3.83. The second-order valence-electron chi connectivity index (χ2n) is 9.09. The molecule has 1 saturated heterocycles. The van der Waals surface area contributed by atoms with Crippen molar-refractivity contribution in [2.24, 2.45) is 0 Å². The molecule has 2 aromatic rings. The Morgan fingerprint density at radius 3 is 2.56 bits per heavy atom. The Kier molecular flexibility index (Phi) is 6.81. The van der Waals surface area contributed by atoms with E-state index in [1.165, 1.54) is 11.8 Å². The smallest absolute Gasteiger partial charge is 0.281 e. The molecule has 1 aliphatic rings. The number of hydrogen-bond acceptors (Lipinski definition) is 5. The number of likely N-dealkylation sites (tertiary alicyclic amines) is 1. The lowest BCUT2D eigenvalue weighted by Crippen LogP contribution is -2.60. The second-order valence-corrected chi connectivity index (χ2v) is 9.09. The first-order valence-electron chi connectivity index (χ1n) is 10.9. The Morgan fingerprint density at radius 2 is 1.94 bits per heavy atom. The summed E-state index contributed by atoms with van der Waals surface area (Å²) in [6, 6.07) is 10.8. The normalized spacial score (nSPS) is 20.4. The maximum Gasteiger partial charge on any atom is 0.281 e. The number of piperidine rings is 1. The van der Waals surface area contributed by atoms with E-state index in [0.29, 0.717) is 30.9 Å². The van der Waals surface area contributed by atoms with E-state index in [2.05, 4.69) is 15.3 Å². The van der Waals surface area contributed by atoms with Crippen LogP contribution in [0.2, 0.25) is 0 Å². The molecule has 172 valence electrons. The Bertz CT molecular complexity index is 984. The summed E-state index contributed by atoms with van der Waals surface area (Å²) in [5, 5.41) is 2.27. The minimum atomic E-state index is -2.51. The third kappa shape index (κ3) is 5.23. The van der Waals surface area contributed by atoms with Crippen LogP contribution in [-0.2, 0) is 21.4 Å². The molecule has 32 heavy (non-hydrogen) atoms. The van der Waals surface area contributed by atoms with Gasteiger partial charge in [-0.25, -0.2) is 14.4 Å². The largest absolute Gasteiger partial charge is 0.363 e. The van der Waals surface area contributed by atoms with Gasteiger partial charge in [-0.1, -0.05) is 37.3 Å². The number of carbonyl (C=O) groups is 2. The van der Waals surface area contributed by atoms with E-state index in [0.717, 1.165) is 17.9 Å². The van der Waals surface area contributed by atoms with Crippen molar-refractivity contribution in [3.8, 4) is 0 Å². The van der Waals surface area contributed by atoms with Gasteiger partial charge in [0.2, 0.25) is 5.91 Å². The third-order valence-corrected chi connectivity index (χ3v) is 5.89. The molecular formula is C24H32FN5O2. The quantitative estimate of drug-likeness (QED) is 0.698. The Labute approximate surface area is 189 Å². The third-order valence-electron chi connectivity index (χ3n) is 5.89. The highest BCUT2D eigenvalue weighted by Crippen LogP contribution is 2.35. The summed E-state index contributed by atoms with van der Waals surface area (Å²) in [5.41, 5.74) is 1.02. The molecule has 2 atom stereocenters. The number of nitrogens with zero attached hydrogens (tertiary/aromatic N) is 4. The first-order valence-corrected chi connectivity index (χ1v) is 10.9. The zero-order chi connectivity index (χ0) is 23.5. The summed E-state index contributed by atoms with van der Waals surface area (Å²) in [6.45, 7) is 5.85. The van der Waals surface area contributed by atoms with Crippen LogP contribution in [0.1, 0.15) is 43.8 Å². The molecular weight excluding hydrogens is 409 g/mol. The van der Waals surface area contributed by atoms with Crippen molar-refractivity contribution in [1.29, 1.82) is 0 Å². The van der Waals surface area contributed by atoms with Crippen molar-refractivity contribution in [1.82, 2.24) is 20.2 Å². The van der Waals surface area contributed by atoms with Gasteiger partial charge in [0.05, 0.1) is 5.69 Å². The number of rotatable bonds is 6. The van der Waals surface area contributed by atoms with Gasteiger partial charge in [-0.15, -0.1) is 0 Å². The minimum absolute atomic E-state index is 0.225. The van der Waals surface area contributed by atoms with Crippen molar-refractivity contribution in [2.45, 2.75) is 51.2 Å². The number of aryl methyl sites for hydroxylation is 1. The van der Waals surface area contributed by atoms with Gasteiger partial charge < -0.3 is 15.1 Å². The standard InChI is InChI=1S/C24H32FN5O2/c1-17-26-20(14-21(27-17)29(4)5)23(3)12-9-13-30(16-23)22(32)24(25,28-18(2)31)15-19-10-7-6-8-11-19/h6-8,10-11,14H,9,12-13,15-16H2,1-5H3,(H,28,31)/t23-,24+/m0/s1. The Morgan fingerprint density at radius 1 is 1.25 bits per heavy atom. The van der Waals surface area contributed by atoms with E-state index < -0.39 is 23.0 Å². The van der Waals surface area contributed by atoms with E-state index in [-0.39, 0.29) is 6.42 Å². The van der Waals surface area contributed by atoms with E-state index in [1.54, 1.807) is 24.3 Å². The second kappa shape index (κ2) is 9.22. The van der Waals surface area contributed by atoms with Crippen molar-refractivity contribution in [3.05, 3.63) is 53.5 Å². The average molecular weight is 442 g/mol. The highest BCUT2D eigenvalue weighted by Gasteiger charge is 2.46. The van der Waals surface area contributed by atoms with Crippen molar-refractivity contribution < 1.29 is 14.0 Å². The van der Waals surface area contributed by atoms with E-state index in [9.17, 15) is 9.59 Å². The summed E-state index contributed by atoms with van der Waals surface area (Å²) in [5.74, 6) is -2.38. The molecule has 0 saturated carbocycles. The van der Waals surface area contributed by atoms with Gasteiger partial charge in [-0.3, -0.25) is 9.59 Å². The highest BCUT2D eigenvalue weighted by molar-refractivity contribution is 5.90. The van der Waals surface area contributed by atoms with Crippen LogP contribution in [0.4, 0.5) is 10.2 Å². The van der Waals surface area contributed by atoms with Crippen LogP contribution < -0.4 is 10.2 Å². The van der Waals surface area contributed by atoms with E-state index in [1.807, 2.05) is 45.0 Å². The zero-order valence-corrected chi connectivity index (χ0v) is 19.5. The number of alkyl halides is 1. The molecule has 0 radical (unpaired) electrons. The number of nitrogens with one attached hydrogen (secondary N) is 1. The molecule has 2 heterocycles. The summed E-state index contributed by atoms with van der Waals surface area (Å²) in [4.78, 5) is 37.7. The number of aromatic nitrogens is 2. The molecule has 0 aliphatic carbocycles. The van der Waals surface area contributed by atoms with E-state index >= 15 is 4.39 Å². The lowest BCUT2D eigenvalue weighted by atomic mass is 9.78. The first-order chi connectivity index (χ1) is 15.0. The fourth-order valence-corrected chi connectivity index (χ4v) is 4.29. The molecule has 0 unspecified atom stereocenters. The zero-order valence-electron chi connectivity index (χ0n) is 19.5. The number of benzene rings is 1. The lowest BCUT2D eigenvalue weighted by molar-refractivity contribution is -0.152. The highest BCUT2D eigenvalue weighted by atomic mass is 19.1. The van der Waals surface area contributed by atoms with Crippen molar-refractivity contribution in [3.63, 3.8) is 0 Å². The molecule has 8 heteroatoms. The number of hydrogen-bond donors (Lipinski definition) is 1. The van der Waals surface area contributed by atoms with E-state index in [4.69, 9.17) is 0 Å². The van der Waals surface area contributed by atoms with Crippen LogP contribution in [0.25, 0.3) is 0 Å². The number of anilines is 1. The molecule has 2 amide bonds. The van der Waals surface area contributed by atoms with Gasteiger partial charge in [-0.2, -0.15) is 0 Å². The predicted molar refractivity (Wildman–Crippen MR) is 122 cm³/mol. The molecule has 1 aromatic heterocycles. The molecule has 7 nitrogen and oxygen atoms in total. The first kappa shape index (κ1) is 23.6. The van der Waals surface area contributed by atoms with Crippen LogP contribution in [0.15, 0.2) is 36.4 Å². The fourth-order valence-electron chi connectivity index (χ4n) is 4.29. The number of carbonyl (C=O) groups excluding carboxylic acids is 2. The molecule has 1 fully saturated rings. The summed E-state index contributed by atoms with van der Waals surface area (Å²) >= 11 is 0. The van der Waals surface area contributed by atoms with Gasteiger partial charge in [0, 0.05) is 52.0 Å². The van der Waals surface area contributed by atoms with Crippen LogP contribution in [0.5, 0.6) is 0 Å². The maximum absolute atomic E-state index is 16.0. The molecule has 1 aromatic carbocycles. The molecule has 1 N–H and O–H groups in total. The van der Waals surface area contributed by atoms with Crippen LogP contribution in [0.3, 0.4) is 0 Å². The summed E-state index contributed by atoms with van der Waals surface area (Å²) < 4.78 is 16.0. The Hall–Kier alpha value is -3.03. The van der Waals surface area contributed by atoms with Crippen LogP contribution in [0, 0.1) is 6.92 Å². The molecule has 3 rings (SSSR count). The van der Waals surface area contributed by atoms with Gasteiger partial charge in [0.25, 0.3) is 11.7 Å². The van der Waals surface area contributed by atoms with Crippen LogP contribution >= 0.6 is 0 Å². The summed E-state index contributed by atoms with van der Waals surface area (Å²) in [6.07, 6.45) is 1.30. The predicted octanol–water partition coefficient (Wildman–Crippen LogP) is 2.78. The van der Waals surface area contributed by atoms with Gasteiger partial charge >= 0.3 is 0 Å². The van der Waals surface area contributed by atoms with Gasteiger partial charge in [-0.05, 0) is 25.3 Å². The topological polar surface area (TPSA) is 78.4 Å². The Balaban J connectivity index is 1.89. The molecule has 0 bridgehead atoms.